The molecule has 0 aliphatic carbocycles. The molecular formula is C21H25Cl2N3O3S. The summed E-state index contributed by atoms with van der Waals surface area (Å²) in [5.41, 5.74) is 0.287. The molecule has 1 aromatic heterocycles. The number of urea groups is 1. The molecule has 1 aliphatic rings. The largest absolute Gasteiger partial charge is 0.465 e. The van der Waals surface area contributed by atoms with Gasteiger partial charge in [0.05, 0.1) is 4.34 Å². The quantitative estimate of drug-likeness (QED) is 0.505. The van der Waals surface area contributed by atoms with Crippen LogP contribution < -0.4 is 10.6 Å². The molecule has 3 atom stereocenters. The molecule has 2 aromatic rings. The molecule has 162 valence electrons. The summed E-state index contributed by atoms with van der Waals surface area (Å²) in [7, 11) is 0. The van der Waals surface area contributed by atoms with Crippen molar-refractivity contribution >= 4 is 52.4 Å². The van der Waals surface area contributed by atoms with Gasteiger partial charge in [-0.3, -0.25) is 0 Å². The van der Waals surface area contributed by atoms with Crippen LogP contribution >= 0.6 is 34.5 Å². The molecular weight excluding hydrogens is 445 g/mol. The van der Waals surface area contributed by atoms with Crippen LogP contribution in [-0.2, 0) is 0 Å². The molecule has 1 aliphatic heterocycles. The second-order valence-electron chi connectivity index (χ2n) is 8.46. The number of likely N-dealkylation sites (tertiary alicyclic amines) is 1. The molecule has 3 rings (SSSR count). The van der Waals surface area contributed by atoms with Crippen LogP contribution in [0, 0.1) is 5.41 Å². The summed E-state index contributed by atoms with van der Waals surface area (Å²) in [6, 6.07) is 9.69. The highest BCUT2D eigenvalue weighted by molar-refractivity contribution is 7.16. The van der Waals surface area contributed by atoms with Gasteiger partial charge in [-0.05, 0) is 48.2 Å². The first-order chi connectivity index (χ1) is 14.1. The van der Waals surface area contributed by atoms with Crippen molar-refractivity contribution in [1.29, 1.82) is 0 Å². The second-order valence-corrected chi connectivity index (χ2v) is 10.6. The van der Waals surface area contributed by atoms with E-state index in [-0.39, 0.29) is 29.4 Å². The van der Waals surface area contributed by atoms with Gasteiger partial charge >= 0.3 is 12.1 Å². The fraction of sp³-hybridized carbons (Fsp3) is 0.429. The van der Waals surface area contributed by atoms with Crippen molar-refractivity contribution in [2.24, 2.45) is 5.41 Å². The van der Waals surface area contributed by atoms with Crippen molar-refractivity contribution in [1.82, 2.24) is 10.2 Å². The number of carboxylic acid groups (broad SMARTS) is 1. The summed E-state index contributed by atoms with van der Waals surface area (Å²) in [6.45, 7) is 6.41. The lowest BCUT2D eigenvalue weighted by Crippen LogP contribution is -2.60. The normalized spacial score (nSPS) is 21.9. The van der Waals surface area contributed by atoms with Gasteiger partial charge in [-0.2, -0.15) is 0 Å². The predicted octanol–water partition coefficient (Wildman–Crippen LogP) is 6.13. The van der Waals surface area contributed by atoms with Crippen LogP contribution in [0.2, 0.25) is 9.36 Å². The van der Waals surface area contributed by atoms with E-state index in [2.05, 4.69) is 10.6 Å². The van der Waals surface area contributed by atoms with Crippen LogP contribution in [0.1, 0.15) is 38.0 Å². The monoisotopic (exact) mass is 469 g/mol. The number of nitrogens with one attached hydrogen (secondary N) is 2. The van der Waals surface area contributed by atoms with Crippen LogP contribution in [0.5, 0.6) is 0 Å². The topological polar surface area (TPSA) is 81.7 Å². The van der Waals surface area contributed by atoms with Gasteiger partial charge in [0.1, 0.15) is 0 Å². The molecule has 6 nitrogen and oxygen atoms in total. The summed E-state index contributed by atoms with van der Waals surface area (Å²) in [5.74, 6) is -0.219. The van der Waals surface area contributed by atoms with Crippen molar-refractivity contribution in [3.05, 3.63) is 50.6 Å². The van der Waals surface area contributed by atoms with Gasteiger partial charge in [0.25, 0.3) is 0 Å². The minimum atomic E-state index is -0.952. The number of carbonyl (C=O) groups excluding carboxylic acids is 1. The highest BCUT2D eigenvalue weighted by Crippen LogP contribution is 2.44. The Bertz CT molecular complexity index is 911. The first-order valence-electron chi connectivity index (χ1n) is 9.64. The summed E-state index contributed by atoms with van der Waals surface area (Å²) < 4.78 is 0.634. The van der Waals surface area contributed by atoms with Crippen molar-refractivity contribution in [3.63, 3.8) is 0 Å². The molecule has 30 heavy (non-hydrogen) atoms. The van der Waals surface area contributed by atoms with Crippen molar-refractivity contribution < 1.29 is 14.7 Å². The highest BCUT2D eigenvalue weighted by Gasteiger charge is 2.47. The fourth-order valence-electron chi connectivity index (χ4n) is 4.12. The maximum atomic E-state index is 12.7. The van der Waals surface area contributed by atoms with E-state index >= 15 is 0 Å². The molecule has 3 unspecified atom stereocenters. The van der Waals surface area contributed by atoms with Gasteiger partial charge in [0, 0.05) is 40.1 Å². The molecule has 1 saturated heterocycles. The van der Waals surface area contributed by atoms with Crippen molar-refractivity contribution in [3.8, 4) is 0 Å². The number of anilines is 1. The van der Waals surface area contributed by atoms with E-state index in [1.54, 1.807) is 24.3 Å². The zero-order valence-electron chi connectivity index (χ0n) is 17.0. The maximum absolute atomic E-state index is 12.7. The van der Waals surface area contributed by atoms with Gasteiger partial charge < -0.3 is 20.6 Å². The highest BCUT2D eigenvalue weighted by atomic mass is 35.5. The summed E-state index contributed by atoms with van der Waals surface area (Å²) >= 11 is 13.5. The summed E-state index contributed by atoms with van der Waals surface area (Å²) in [4.78, 5) is 27.1. The molecule has 1 aromatic carbocycles. The zero-order chi connectivity index (χ0) is 22.1. The first kappa shape index (κ1) is 22.7. The van der Waals surface area contributed by atoms with Crippen LogP contribution in [0.4, 0.5) is 15.3 Å². The molecule has 1 fully saturated rings. The van der Waals surface area contributed by atoms with Gasteiger partial charge in [0.2, 0.25) is 0 Å². The van der Waals surface area contributed by atoms with Crippen LogP contribution in [0.25, 0.3) is 0 Å². The van der Waals surface area contributed by atoms with E-state index in [4.69, 9.17) is 23.2 Å². The Labute approximate surface area is 190 Å². The number of carbonyl (C=O) groups is 2. The fourth-order valence-corrected chi connectivity index (χ4v) is 5.51. The molecule has 0 radical (unpaired) electrons. The predicted molar refractivity (Wildman–Crippen MR) is 122 cm³/mol. The lowest BCUT2D eigenvalue weighted by Gasteiger charge is -2.49. The van der Waals surface area contributed by atoms with E-state index in [1.807, 2.05) is 32.9 Å². The standard InChI is InChI=1S/C21H25Cl2N3O3S/c1-21(2,3)18-17(15-8-9-16(23)30-15)14(10-11-26(18)20(28)29)25-19(27)24-13-6-4-12(22)5-7-13/h4-9,14,17-18H,10-11H2,1-3H3,(H,28,29)(H2,24,25,27). The molecule has 2 heterocycles. The third-order valence-corrected chi connectivity index (χ3v) is 6.85. The van der Waals surface area contributed by atoms with Gasteiger partial charge in [-0.25, -0.2) is 9.59 Å². The van der Waals surface area contributed by atoms with E-state index in [1.165, 1.54) is 16.2 Å². The van der Waals surface area contributed by atoms with Crippen molar-refractivity contribution in [2.75, 3.05) is 11.9 Å². The molecule has 0 bridgehead atoms. The Kier molecular flexibility index (Phi) is 6.84. The Balaban J connectivity index is 1.88. The number of hydrogen-bond acceptors (Lipinski definition) is 3. The number of nitrogens with zero attached hydrogens (tertiary/aromatic N) is 1. The number of hydrogen-bond donors (Lipinski definition) is 3. The number of amides is 3. The minimum absolute atomic E-state index is 0.219. The second kappa shape index (κ2) is 9.04. The van der Waals surface area contributed by atoms with Crippen LogP contribution in [-0.4, -0.2) is 40.8 Å². The average Bonchev–Trinajstić information content (AvgIpc) is 3.08. The van der Waals surface area contributed by atoms with Crippen molar-refractivity contribution in [2.45, 2.75) is 45.2 Å². The number of halogens is 2. The van der Waals surface area contributed by atoms with Gasteiger partial charge in [-0.15, -0.1) is 11.3 Å². The number of thiophene rings is 1. The third-order valence-electron chi connectivity index (χ3n) is 5.26. The molecule has 9 heteroatoms. The van der Waals surface area contributed by atoms with E-state index in [9.17, 15) is 14.7 Å². The third kappa shape index (κ3) is 5.20. The Morgan fingerprint density at radius 3 is 2.33 bits per heavy atom. The number of piperidine rings is 1. The summed E-state index contributed by atoms with van der Waals surface area (Å²) in [5, 5.41) is 16.3. The SMILES string of the molecule is CC(C)(C)C1C(c2ccc(Cl)s2)C(NC(=O)Nc2ccc(Cl)cc2)CCN1C(=O)O. The molecule has 3 amide bonds. The average molecular weight is 470 g/mol. The van der Waals surface area contributed by atoms with Crippen LogP contribution in [0.3, 0.4) is 0 Å². The molecule has 3 N–H and O–H groups in total. The van der Waals surface area contributed by atoms with E-state index in [0.717, 1.165) is 4.88 Å². The first-order valence-corrected chi connectivity index (χ1v) is 11.2. The van der Waals surface area contributed by atoms with Crippen LogP contribution in [0.15, 0.2) is 36.4 Å². The minimum Gasteiger partial charge on any atom is -0.465 e. The zero-order valence-corrected chi connectivity index (χ0v) is 19.3. The molecule has 0 spiro atoms. The number of rotatable bonds is 3. The Hall–Kier alpha value is -1.96. The smallest absolute Gasteiger partial charge is 0.407 e. The van der Waals surface area contributed by atoms with E-state index < -0.39 is 6.09 Å². The van der Waals surface area contributed by atoms with E-state index in [0.29, 0.717) is 28.0 Å². The van der Waals surface area contributed by atoms with Gasteiger partial charge in [0.15, 0.2) is 0 Å². The lowest BCUT2D eigenvalue weighted by atomic mass is 9.71. The van der Waals surface area contributed by atoms with Gasteiger partial charge in [-0.1, -0.05) is 44.0 Å². The Morgan fingerprint density at radius 1 is 1.13 bits per heavy atom. The summed E-state index contributed by atoms with van der Waals surface area (Å²) in [6.07, 6.45) is -0.445. The molecule has 0 saturated carbocycles. The lowest BCUT2D eigenvalue weighted by molar-refractivity contribution is 0.0354. The Morgan fingerprint density at radius 2 is 1.80 bits per heavy atom. The maximum Gasteiger partial charge on any atom is 0.407 e. The number of benzene rings is 1.